The van der Waals surface area contributed by atoms with E-state index in [-0.39, 0.29) is 62.7 Å². The van der Waals surface area contributed by atoms with E-state index in [1.165, 1.54) is 19.6 Å². The Bertz CT molecular complexity index is 1080. The zero-order valence-electron chi connectivity index (χ0n) is 25.3. The highest BCUT2D eigenvalue weighted by molar-refractivity contribution is 5.96. The van der Waals surface area contributed by atoms with Gasteiger partial charge >= 0.3 is 11.9 Å². The van der Waals surface area contributed by atoms with E-state index in [4.69, 9.17) is 9.47 Å². The molecule has 0 saturated heterocycles. The van der Waals surface area contributed by atoms with E-state index in [1.54, 1.807) is 0 Å². The maximum Gasteiger partial charge on any atom is 0.312 e. The van der Waals surface area contributed by atoms with Crippen LogP contribution in [0.1, 0.15) is 113 Å². The third-order valence-electron chi connectivity index (χ3n) is 13.2. The lowest BCUT2D eigenvalue weighted by molar-refractivity contribution is -0.197. The SMILES string of the molecule is COC(=O)[C@]12CCC(C)(C)CC1C1C(=O)C=C3[C@@]4(C)CC[C@H](OC(C)=O)C(C)(C)[C@@H]4CC[C@@]3(C)[C@]1(C)CC2. The Balaban J connectivity index is 1.60. The highest BCUT2D eigenvalue weighted by atomic mass is 16.5. The smallest absolute Gasteiger partial charge is 0.312 e. The van der Waals surface area contributed by atoms with Gasteiger partial charge in [0.15, 0.2) is 5.78 Å². The number of methoxy groups -OCH3 is 1. The summed E-state index contributed by atoms with van der Waals surface area (Å²) in [6, 6.07) is 0. The van der Waals surface area contributed by atoms with E-state index >= 15 is 0 Å². The Labute approximate surface area is 229 Å². The minimum atomic E-state index is -0.545. The number of ketones is 1. The number of rotatable bonds is 2. The normalized spacial score (nSPS) is 46.9. The third-order valence-corrected chi connectivity index (χ3v) is 13.2. The van der Waals surface area contributed by atoms with Crippen LogP contribution in [-0.2, 0) is 23.9 Å². The number of hydrogen-bond donors (Lipinski definition) is 0. The predicted molar refractivity (Wildman–Crippen MR) is 147 cm³/mol. The number of carbonyl (C=O) groups excluding carboxylic acids is 3. The van der Waals surface area contributed by atoms with Gasteiger partial charge in [-0.1, -0.05) is 54.0 Å². The Morgan fingerprint density at radius 1 is 0.895 bits per heavy atom. The maximum absolute atomic E-state index is 14.4. The van der Waals surface area contributed by atoms with Crippen molar-refractivity contribution < 1.29 is 23.9 Å². The van der Waals surface area contributed by atoms with Gasteiger partial charge in [-0.25, -0.2) is 0 Å². The zero-order valence-corrected chi connectivity index (χ0v) is 25.3. The number of esters is 2. The quantitative estimate of drug-likeness (QED) is 0.360. The molecule has 0 aromatic carbocycles. The van der Waals surface area contributed by atoms with Crippen molar-refractivity contribution >= 4 is 17.7 Å². The van der Waals surface area contributed by atoms with Crippen molar-refractivity contribution in [2.24, 2.45) is 50.2 Å². The molecule has 5 rings (SSSR count). The summed E-state index contributed by atoms with van der Waals surface area (Å²) in [5.74, 6) is 0.120. The summed E-state index contributed by atoms with van der Waals surface area (Å²) in [6.45, 7) is 17.8. The summed E-state index contributed by atoms with van der Waals surface area (Å²) < 4.78 is 11.3. The van der Waals surface area contributed by atoms with E-state index in [9.17, 15) is 14.4 Å². The average molecular weight is 527 g/mol. The molecule has 0 aromatic rings. The molecule has 0 heterocycles. The van der Waals surface area contributed by atoms with Crippen LogP contribution in [0.25, 0.3) is 0 Å². The van der Waals surface area contributed by atoms with Gasteiger partial charge in [0.2, 0.25) is 0 Å². The Hall–Kier alpha value is -1.65. The molecule has 5 aliphatic carbocycles. The molecule has 0 N–H and O–H groups in total. The number of ether oxygens (including phenoxy) is 2. The van der Waals surface area contributed by atoms with Crippen molar-refractivity contribution in [1.82, 2.24) is 0 Å². The highest BCUT2D eigenvalue weighted by Gasteiger charge is 2.71. The number of hydrogen-bond acceptors (Lipinski definition) is 5. The first-order chi connectivity index (χ1) is 17.5. The topological polar surface area (TPSA) is 69.7 Å². The minimum absolute atomic E-state index is 0.0150. The average Bonchev–Trinajstić information content (AvgIpc) is 2.81. The monoisotopic (exact) mass is 526 g/mol. The van der Waals surface area contributed by atoms with E-state index in [2.05, 4.69) is 54.5 Å². The van der Waals surface area contributed by atoms with Crippen LogP contribution < -0.4 is 0 Å². The van der Waals surface area contributed by atoms with Crippen LogP contribution in [0.3, 0.4) is 0 Å². The summed E-state index contributed by atoms with van der Waals surface area (Å²) in [4.78, 5) is 39.8. The van der Waals surface area contributed by atoms with Crippen LogP contribution in [0.2, 0.25) is 0 Å². The first-order valence-electron chi connectivity index (χ1n) is 15.0. The minimum Gasteiger partial charge on any atom is -0.469 e. The Morgan fingerprint density at radius 2 is 1.55 bits per heavy atom. The van der Waals surface area contributed by atoms with E-state index in [1.807, 2.05) is 0 Å². The van der Waals surface area contributed by atoms with Crippen LogP contribution in [-0.4, -0.2) is 30.9 Å². The molecule has 2 unspecified atom stereocenters. The zero-order chi connectivity index (χ0) is 28.1. The molecule has 8 atom stereocenters. The molecule has 38 heavy (non-hydrogen) atoms. The van der Waals surface area contributed by atoms with E-state index < -0.39 is 5.41 Å². The van der Waals surface area contributed by atoms with Crippen LogP contribution in [0.4, 0.5) is 0 Å². The fourth-order valence-corrected chi connectivity index (χ4v) is 11.0. The predicted octanol–water partition coefficient (Wildman–Crippen LogP) is 7.07. The number of fused-ring (bicyclic) bond motifs is 7. The Morgan fingerprint density at radius 3 is 2.18 bits per heavy atom. The maximum atomic E-state index is 14.4. The van der Waals surface area contributed by atoms with Crippen LogP contribution in [0.5, 0.6) is 0 Å². The van der Waals surface area contributed by atoms with Crippen molar-refractivity contribution in [3.63, 3.8) is 0 Å². The third kappa shape index (κ3) is 3.51. The summed E-state index contributed by atoms with van der Waals surface area (Å²) in [7, 11) is 1.51. The Kier molecular flexibility index (Phi) is 6.19. The first kappa shape index (κ1) is 27.9. The number of carbonyl (C=O) groups is 3. The summed E-state index contributed by atoms with van der Waals surface area (Å²) >= 11 is 0. The van der Waals surface area contributed by atoms with Gasteiger partial charge in [-0.2, -0.15) is 0 Å². The number of allylic oxidation sites excluding steroid dienone is 2. The summed E-state index contributed by atoms with van der Waals surface area (Å²) in [5, 5.41) is 0. The lowest BCUT2D eigenvalue weighted by atomic mass is 9.34. The second-order valence-corrected chi connectivity index (χ2v) is 15.8. The molecule has 0 aromatic heterocycles. The molecule has 212 valence electrons. The lowest BCUT2D eigenvalue weighted by Crippen LogP contribution is -2.66. The first-order valence-corrected chi connectivity index (χ1v) is 15.0. The molecule has 5 nitrogen and oxygen atoms in total. The largest absolute Gasteiger partial charge is 0.469 e. The summed E-state index contributed by atoms with van der Waals surface area (Å²) in [6.07, 6.45) is 10.2. The lowest BCUT2D eigenvalue weighted by Gasteiger charge is -2.70. The fraction of sp³-hybridized carbons (Fsp3) is 0.848. The van der Waals surface area contributed by atoms with Crippen molar-refractivity contribution in [1.29, 1.82) is 0 Å². The van der Waals surface area contributed by atoms with Crippen molar-refractivity contribution in [2.75, 3.05) is 7.11 Å². The van der Waals surface area contributed by atoms with Crippen molar-refractivity contribution in [2.45, 2.75) is 119 Å². The standard InChI is InChI=1S/C33H50O5/c1-20(34)38-25-11-12-30(6)23(29(25,4)5)10-13-31(7)24(30)18-22(35)26-21-19-28(2,3)14-16-33(21,27(36)37-9)17-15-32(26,31)8/h18,21,23,25-26H,10-17,19H2,1-9H3/t21?,23-,25-,26?,30-,31+,32+,33-/m0/s1. The van der Waals surface area contributed by atoms with Gasteiger partial charge in [-0.3, -0.25) is 14.4 Å². The van der Waals surface area contributed by atoms with Crippen molar-refractivity contribution in [3.8, 4) is 0 Å². The molecular formula is C33H50O5. The second-order valence-electron chi connectivity index (χ2n) is 15.8. The van der Waals surface area contributed by atoms with Crippen molar-refractivity contribution in [3.05, 3.63) is 11.6 Å². The van der Waals surface area contributed by atoms with Crippen LogP contribution in [0.15, 0.2) is 11.6 Å². The summed E-state index contributed by atoms with van der Waals surface area (Å²) in [5.41, 5.74) is 0.312. The molecule has 4 fully saturated rings. The molecule has 0 amide bonds. The van der Waals surface area contributed by atoms with Crippen LogP contribution in [0, 0.1) is 50.2 Å². The van der Waals surface area contributed by atoms with Crippen LogP contribution >= 0.6 is 0 Å². The molecule has 0 spiro atoms. The van der Waals surface area contributed by atoms with Gasteiger partial charge < -0.3 is 9.47 Å². The molecule has 5 heteroatoms. The molecule has 5 aliphatic rings. The molecular weight excluding hydrogens is 476 g/mol. The van der Waals surface area contributed by atoms with Gasteiger partial charge in [0.25, 0.3) is 0 Å². The van der Waals surface area contributed by atoms with E-state index in [0.29, 0.717) is 5.92 Å². The molecule has 0 radical (unpaired) electrons. The van der Waals surface area contributed by atoms with Gasteiger partial charge in [0.05, 0.1) is 12.5 Å². The van der Waals surface area contributed by atoms with Gasteiger partial charge in [-0.05, 0) is 97.4 Å². The molecule has 0 bridgehead atoms. The van der Waals surface area contributed by atoms with E-state index in [0.717, 1.165) is 57.8 Å². The molecule has 0 aliphatic heterocycles. The second kappa shape index (κ2) is 8.43. The van der Waals surface area contributed by atoms with Gasteiger partial charge in [0, 0.05) is 18.3 Å². The fourth-order valence-electron chi connectivity index (χ4n) is 11.0. The molecule has 4 saturated carbocycles. The van der Waals surface area contributed by atoms with Gasteiger partial charge in [0.1, 0.15) is 6.10 Å². The van der Waals surface area contributed by atoms with Gasteiger partial charge in [-0.15, -0.1) is 0 Å². The highest BCUT2D eigenvalue weighted by Crippen LogP contribution is 2.75.